The van der Waals surface area contributed by atoms with Crippen LogP contribution in [0.5, 0.6) is 5.75 Å². The van der Waals surface area contributed by atoms with Crippen LogP contribution in [0.15, 0.2) is 24.3 Å². The topological polar surface area (TPSA) is 75.6 Å². The van der Waals surface area contributed by atoms with Crippen LogP contribution in [0, 0.1) is 5.92 Å². The Bertz CT molecular complexity index is 545. The first-order valence-corrected chi connectivity index (χ1v) is 8.17. The maximum atomic E-state index is 12.4. The first-order valence-electron chi connectivity index (χ1n) is 8.17. The molecule has 1 aromatic rings. The molecule has 0 bridgehead atoms. The lowest BCUT2D eigenvalue weighted by Crippen LogP contribution is -2.47. The van der Waals surface area contributed by atoms with Crippen molar-refractivity contribution in [2.75, 3.05) is 6.61 Å². The van der Waals surface area contributed by atoms with Crippen LogP contribution in [0.1, 0.15) is 56.3 Å². The lowest BCUT2D eigenvalue weighted by atomic mass is 9.92. The van der Waals surface area contributed by atoms with E-state index >= 15 is 0 Å². The average Bonchev–Trinajstić information content (AvgIpc) is 2.92. The second kappa shape index (κ2) is 7.49. The lowest BCUT2D eigenvalue weighted by molar-refractivity contribution is -0.138. The van der Waals surface area contributed by atoms with Gasteiger partial charge in [0, 0.05) is 5.56 Å². The minimum Gasteiger partial charge on any atom is -0.493 e. The van der Waals surface area contributed by atoms with E-state index < -0.39 is 11.5 Å². The van der Waals surface area contributed by atoms with Crippen molar-refractivity contribution in [3.63, 3.8) is 0 Å². The quantitative estimate of drug-likeness (QED) is 0.809. The van der Waals surface area contributed by atoms with Crippen molar-refractivity contribution >= 4 is 11.9 Å². The highest BCUT2D eigenvalue weighted by Gasteiger charge is 2.37. The van der Waals surface area contributed by atoms with Gasteiger partial charge in [-0.05, 0) is 43.0 Å². The molecule has 5 heteroatoms. The van der Waals surface area contributed by atoms with Gasteiger partial charge in [0.2, 0.25) is 0 Å². The Morgan fingerprint density at radius 1 is 1.22 bits per heavy atom. The molecule has 0 aliphatic heterocycles. The molecule has 1 aliphatic rings. The van der Waals surface area contributed by atoms with Crippen LogP contribution in [-0.2, 0) is 4.79 Å². The summed E-state index contributed by atoms with van der Waals surface area (Å²) in [6, 6.07) is 6.98. The van der Waals surface area contributed by atoms with Crippen LogP contribution in [0.4, 0.5) is 0 Å². The van der Waals surface area contributed by atoms with E-state index in [1.807, 2.05) is 0 Å². The summed E-state index contributed by atoms with van der Waals surface area (Å²) in [6.07, 6.45) is 3.33. The van der Waals surface area contributed by atoms with Gasteiger partial charge in [-0.3, -0.25) is 9.59 Å². The van der Waals surface area contributed by atoms with Gasteiger partial charge < -0.3 is 15.2 Å². The van der Waals surface area contributed by atoms with Gasteiger partial charge in [-0.2, -0.15) is 0 Å². The van der Waals surface area contributed by atoms with E-state index in [1.165, 1.54) is 0 Å². The summed E-state index contributed by atoms with van der Waals surface area (Å²) in [5, 5.41) is 12.0. The van der Waals surface area contributed by atoms with Gasteiger partial charge >= 0.3 is 5.97 Å². The van der Waals surface area contributed by atoms with Crippen LogP contribution < -0.4 is 10.1 Å². The molecule has 0 atom stereocenters. The smallest absolute Gasteiger partial charge is 0.305 e. The molecular formula is C18H25NO4. The summed E-state index contributed by atoms with van der Waals surface area (Å²) in [4.78, 5) is 23.5. The molecule has 5 nitrogen and oxygen atoms in total. The molecule has 23 heavy (non-hydrogen) atoms. The monoisotopic (exact) mass is 319 g/mol. The molecule has 2 rings (SSSR count). The highest BCUT2D eigenvalue weighted by Crippen LogP contribution is 2.33. The second-order valence-electron chi connectivity index (χ2n) is 6.74. The molecule has 1 aliphatic carbocycles. The predicted octanol–water partition coefficient (Wildman–Crippen LogP) is 3.24. The highest BCUT2D eigenvalue weighted by atomic mass is 16.5. The number of aliphatic carboxylic acids is 1. The van der Waals surface area contributed by atoms with Gasteiger partial charge in [0.05, 0.1) is 18.6 Å². The number of carbonyl (C=O) groups excluding carboxylic acids is 1. The van der Waals surface area contributed by atoms with Gasteiger partial charge in [-0.1, -0.05) is 26.7 Å². The molecule has 0 radical (unpaired) electrons. The van der Waals surface area contributed by atoms with Crippen molar-refractivity contribution in [1.82, 2.24) is 5.32 Å². The number of amides is 1. The molecule has 1 aromatic carbocycles. The zero-order valence-corrected chi connectivity index (χ0v) is 13.8. The summed E-state index contributed by atoms with van der Waals surface area (Å²) in [7, 11) is 0. The first-order chi connectivity index (χ1) is 10.9. The van der Waals surface area contributed by atoms with E-state index in [4.69, 9.17) is 9.84 Å². The fraction of sp³-hybridized carbons (Fsp3) is 0.556. The fourth-order valence-corrected chi connectivity index (χ4v) is 2.97. The minimum atomic E-state index is -0.871. The Labute approximate surface area is 137 Å². The van der Waals surface area contributed by atoms with Gasteiger partial charge in [-0.25, -0.2) is 0 Å². The summed E-state index contributed by atoms with van der Waals surface area (Å²) in [5.74, 6) is 0.0841. The van der Waals surface area contributed by atoms with Crippen LogP contribution >= 0.6 is 0 Å². The van der Waals surface area contributed by atoms with Crippen molar-refractivity contribution in [1.29, 1.82) is 0 Å². The maximum absolute atomic E-state index is 12.4. The normalized spacial score (nSPS) is 16.3. The predicted molar refractivity (Wildman–Crippen MR) is 87.7 cm³/mol. The molecule has 0 aromatic heterocycles. The Hall–Kier alpha value is -2.04. The van der Waals surface area contributed by atoms with Crippen molar-refractivity contribution in [2.45, 2.75) is 51.5 Å². The number of ether oxygens (including phenoxy) is 1. The van der Waals surface area contributed by atoms with Crippen molar-refractivity contribution < 1.29 is 19.4 Å². The number of benzene rings is 1. The van der Waals surface area contributed by atoms with Gasteiger partial charge in [0.25, 0.3) is 5.91 Å². The van der Waals surface area contributed by atoms with E-state index in [9.17, 15) is 9.59 Å². The van der Waals surface area contributed by atoms with E-state index in [0.29, 0.717) is 18.1 Å². The SMILES string of the molecule is CC(C)COc1ccc(C(=O)NC2(CC(=O)O)CCCC2)cc1. The van der Waals surface area contributed by atoms with E-state index in [2.05, 4.69) is 19.2 Å². The third-order valence-electron chi connectivity index (χ3n) is 4.13. The molecule has 0 spiro atoms. The summed E-state index contributed by atoms with van der Waals surface area (Å²) in [5.41, 5.74) is -0.0750. The number of carboxylic acid groups (broad SMARTS) is 1. The van der Waals surface area contributed by atoms with Gasteiger partial charge in [0.1, 0.15) is 5.75 Å². The van der Waals surface area contributed by atoms with E-state index in [1.54, 1.807) is 24.3 Å². The molecule has 0 saturated heterocycles. The fourth-order valence-electron chi connectivity index (χ4n) is 2.97. The number of hydrogen-bond donors (Lipinski definition) is 2. The number of rotatable bonds is 7. The molecule has 2 N–H and O–H groups in total. The third kappa shape index (κ3) is 4.98. The van der Waals surface area contributed by atoms with Crippen LogP contribution in [0.25, 0.3) is 0 Å². The largest absolute Gasteiger partial charge is 0.493 e. The summed E-state index contributed by atoms with van der Waals surface area (Å²) < 4.78 is 5.60. The van der Waals surface area contributed by atoms with E-state index in [-0.39, 0.29) is 12.3 Å². The molecule has 1 fully saturated rings. The van der Waals surface area contributed by atoms with Crippen molar-refractivity contribution in [3.8, 4) is 5.75 Å². The van der Waals surface area contributed by atoms with Crippen molar-refractivity contribution in [2.24, 2.45) is 5.92 Å². The Morgan fingerprint density at radius 2 is 1.83 bits per heavy atom. The number of carbonyl (C=O) groups is 2. The second-order valence-corrected chi connectivity index (χ2v) is 6.74. The average molecular weight is 319 g/mol. The highest BCUT2D eigenvalue weighted by molar-refractivity contribution is 5.95. The number of nitrogens with one attached hydrogen (secondary N) is 1. The van der Waals surface area contributed by atoms with Crippen LogP contribution in [-0.4, -0.2) is 29.1 Å². The summed E-state index contributed by atoms with van der Waals surface area (Å²) in [6.45, 7) is 4.78. The Balaban J connectivity index is 2.00. The van der Waals surface area contributed by atoms with Crippen molar-refractivity contribution in [3.05, 3.63) is 29.8 Å². The van der Waals surface area contributed by atoms with Crippen LogP contribution in [0.2, 0.25) is 0 Å². The molecule has 1 saturated carbocycles. The Kier molecular flexibility index (Phi) is 5.64. The van der Waals surface area contributed by atoms with E-state index in [0.717, 1.165) is 31.4 Å². The molecule has 0 unspecified atom stereocenters. The Morgan fingerprint density at radius 3 is 2.35 bits per heavy atom. The number of carboxylic acids is 1. The van der Waals surface area contributed by atoms with Gasteiger partial charge in [0.15, 0.2) is 0 Å². The minimum absolute atomic E-state index is 0.0195. The van der Waals surface area contributed by atoms with Crippen LogP contribution in [0.3, 0.4) is 0 Å². The lowest BCUT2D eigenvalue weighted by Gasteiger charge is -2.28. The molecular weight excluding hydrogens is 294 g/mol. The zero-order valence-electron chi connectivity index (χ0n) is 13.8. The standard InChI is InChI=1S/C18H25NO4/c1-13(2)12-23-15-7-5-14(6-8-15)17(22)19-18(11-16(20)21)9-3-4-10-18/h5-8,13H,3-4,9-12H2,1-2H3,(H,19,22)(H,20,21). The van der Waals surface area contributed by atoms with Gasteiger partial charge in [-0.15, -0.1) is 0 Å². The molecule has 0 heterocycles. The number of hydrogen-bond acceptors (Lipinski definition) is 3. The molecule has 1 amide bonds. The summed E-state index contributed by atoms with van der Waals surface area (Å²) >= 11 is 0. The molecule has 126 valence electrons. The zero-order chi connectivity index (χ0) is 16.9. The first kappa shape index (κ1) is 17.3. The third-order valence-corrected chi connectivity index (χ3v) is 4.13. The maximum Gasteiger partial charge on any atom is 0.305 e.